The summed E-state index contributed by atoms with van der Waals surface area (Å²) in [6.07, 6.45) is -0.164. The molecular formula is C10H13NO7. The highest BCUT2D eigenvalue weighted by atomic mass is 16.5. The van der Waals surface area contributed by atoms with Gasteiger partial charge in [-0.15, -0.1) is 0 Å². The van der Waals surface area contributed by atoms with Crippen LogP contribution in [0.5, 0.6) is 0 Å². The van der Waals surface area contributed by atoms with Gasteiger partial charge < -0.3 is 19.9 Å². The van der Waals surface area contributed by atoms with E-state index in [2.05, 4.69) is 14.8 Å². The minimum atomic E-state index is -1.44. The molecule has 1 rings (SSSR count). The molecule has 100 valence electrons. The molecule has 1 aliphatic rings. The van der Waals surface area contributed by atoms with E-state index in [1.165, 1.54) is 0 Å². The zero-order chi connectivity index (χ0) is 13.9. The van der Waals surface area contributed by atoms with Gasteiger partial charge in [-0.05, 0) is 6.42 Å². The highest BCUT2D eigenvalue weighted by Gasteiger charge is 2.47. The third kappa shape index (κ3) is 2.58. The summed E-state index contributed by atoms with van der Waals surface area (Å²) in [6.45, 7) is 0. The smallest absolute Gasteiger partial charge is 0.326 e. The first kappa shape index (κ1) is 13.9. The van der Waals surface area contributed by atoms with Crippen LogP contribution in [-0.4, -0.2) is 49.2 Å². The number of carboxylic acids is 1. The van der Waals surface area contributed by atoms with E-state index in [9.17, 15) is 19.2 Å². The van der Waals surface area contributed by atoms with Crippen molar-refractivity contribution in [2.24, 2.45) is 11.8 Å². The van der Waals surface area contributed by atoms with E-state index < -0.39 is 41.7 Å². The van der Waals surface area contributed by atoms with Crippen LogP contribution in [0.4, 0.5) is 0 Å². The largest absolute Gasteiger partial charge is 0.480 e. The summed E-state index contributed by atoms with van der Waals surface area (Å²) in [5.74, 6) is -6.28. The number of rotatable bonds is 4. The first-order valence-electron chi connectivity index (χ1n) is 5.11. The van der Waals surface area contributed by atoms with Crippen LogP contribution in [-0.2, 0) is 28.7 Å². The molecule has 0 aromatic heterocycles. The van der Waals surface area contributed by atoms with E-state index in [4.69, 9.17) is 5.11 Å². The zero-order valence-corrected chi connectivity index (χ0v) is 9.84. The molecule has 1 amide bonds. The number of amides is 1. The SMILES string of the molecule is COC(=O)C(C(=O)OC)[C@H]1C[C@@H](C(=O)O)NC1=O. The predicted molar refractivity (Wildman–Crippen MR) is 55.2 cm³/mol. The van der Waals surface area contributed by atoms with Gasteiger partial charge in [-0.25, -0.2) is 4.79 Å². The van der Waals surface area contributed by atoms with E-state index in [0.29, 0.717) is 0 Å². The Labute approximate surface area is 102 Å². The van der Waals surface area contributed by atoms with E-state index in [-0.39, 0.29) is 6.42 Å². The van der Waals surface area contributed by atoms with Gasteiger partial charge in [0, 0.05) is 0 Å². The Bertz CT molecular complexity index is 376. The molecule has 2 atom stereocenters. The monoisotopic (exact) mass is 259 g/mol. The Morgan fingerprint density at radius 1 is 1.28 bits per heavy atom. The van der Waals surface area contributed by atoms with Crippen molar-refractivity contribution < 1.29 is 33.8 Å². The van der Waals surface area contributed by atoms with Crippen LogP contribution < -0.4 is 5.32 Å². The van der Waals surface area contributed by atoms with Crippen molar-refractivity contribution in [3.63, 3.8) is 0 Å². The second-order valence-corrected chi connectivity index (χ2v) is 3.77. The standard InChI is InChI=1S/C10H13NO7/c1-17-9(15)6(10(16)18-2)4-3-5(8(13)14)11-7(4)12/h4-6H,3H2,1-2H3,(H,11,12)(H,13,14)/t4-,5+/m1/s1. The van der Waals surface area contributed by atoms with E-state index in [0.717, 1.165) is 14.2 Å². The maximum Gasteiger partial charge on any atom is 0.326 e. The average Bonchev–Trinajstić information content (AvgIpc) is 2.71. The van der Waals surface area contributed by atoms with E-state index in [1.54, 1.807) is 0 Å². The van der Waals surface area contributed by atoms with Crippen molar-refractivity contribution in [2.45, 2.75) is 12.5 Å². The number of ether oxygens (including phenoxy) is 2. The summed E-state index contributed by atoms with van der Waals surface area (Å²) < 4.78 is 8.85. The quantitative estimate of drug-likeness (QED) is 0.467. The molecule has 0 bridgehead atoms. The number of nitrogens with one attached hydrogen (secondary N) is 1. The maximum absolute atomic E-state index is 11.6. The van der Waals surface area contributed by atoms with Crippen molar-refractivity contribution >= 4 is 23.8 Å². The maximum atomic E-state index is 11.6. The summed E-state index contributed by atoms with van der Waals surface area (Å²) in [4.78, 5) is 45.3. The second-order valence-electron chi connectivity index (χ2n) is 3.77. The minimum Gasteiger partial charge on any atom is -0.480 e. The molecule has 8 heteroatoms. The lowest BCUT2D eigenvalue weighted by atomic mass is 9.89. The lowest BCUT2D eigenvalue weighted by molar-refractivity contribution is -0.163. The molecule has 1 saturated heterocycles. The van der Waals surface area contributed by atoms with Crippen LogP contribution in [0.3, 0.4) is 0 Å². The van der Waals surface area contributed by atoms with Gasteiger partial charge in [-0.2, -0.15) is 0 Å². The third-order valence-corrected chi connectivity index (χ3v) is 2.75. The molecule has 0 aromatic carbocycles. The number of hydrogen-bond donors (Lipinski definition) is 2. The van der Waals surface area contributed by atoms with Crippen LogP contribution in [0.15, 0.2) is 0 Å². The minimum absolute atomic E-state index is 0.164. The highest BCUT2D eigenvalue weighted by molar-refractivity contribution is 6.01. The average molecular weight is 259 g/mol. The Morgan fingerprint density at radius 3 is 2.11 bits per heavy atom. The van der Waals surface area contributed by atoms with Gasteiger partial charge in [-0.3, -0.25) is 14.4 Å². The summed E-state index contributed by atoms with van der Waals surface area (Å²) >= 11 is 0. The molecule has 2 N–H and O–H groups in total. The Kier molecular flexibility index (Phi) is 4.24. The van der Waals surface area contributed by atoms with Gasteiger partial charge >= 0.3 is 17.9 Å². The normalized spacial score (nSPS) is 22.5. The van der Waals surface area contributed by atoms with Gasteiger partial charge in [0.2, 0.25) is 5.91 Å². The van der Waals surface area contributed by atoms with Crippen molar-refractivity contribution in [3.8, 4) is 0 Å². The molecule has 0 aromatic rings. The molecule has 0 radical (unpaired) electrons. The number of carbonyl (C=O) groups is 4. The molecule has 0 saturated carbocycles. The molecule has 18 heavy (non-hydrogen) atoms. The molecule has 8 nitrogen and oxygen atoms in total. The van der Waals surface area contributed by atoms with Gasteiger partial charge in [0.1, 0.15) is 6.04 Å². The van der Waals surface area contributed by atoms with Crippen molar-refractivity contribution in [1.29, 1.82) is 0 Å². The van der Waals surface area contributed by atoms with Crippen LogP contribution in [0.2, 0.25) is 0 Å². The highest BCUT2D eigenvalue weighted by Crippen LogP contribution is 2.26. The lowest BCUT2D eigenvalue weighted by Crippen LogP contribution is -2.37. The van der Waals surface area contributed by atoms with E-state index >= 15 is 0 Å². The summed E-state index contributed by atoms with van der Waals surface area (Å²) in [7, 11) is 2.14. The van der Waals surface area contributed by atoms with Crippen LogP contribution in [0, 0.1) is 11.8 Å². The molecule has 1 aliphatic heterocycles. The fraction of sp³-hybridized carbons (Fsp3) is 0.600. The Hall–Kier alpha value is -2.12. The summed E-state index contributed by atoms with van der Waals surface area (Å²) in [5, 5.41) is 11.0. The third-order valence-electron chi connectivity index (χ3n) is 2.75. The van der Waals surface area contributed by atoms with Crippen LogP contribution >= 0.6 is 0 Å². The van der Waals surface area contributed by atoms with Gasteiger partial charge in [0.15, 0.2) is 5.92 Å². The van der Waals surface area contributed by atoms with Gasteiger partial charge in [0.05, 0.1) is 20.1 Å². The fourth-order valence-corrected chi connectivity index (χ4v) is 1.83. The molecule has 1 heterocycles. The van der Waals surface area contributed by atoms with E-state index in [1.807, 2.05) is 0 Å². The van der Waals surface area contributed by atoms with Crippen LogP contribution in [0.1, 0.15) is 6.42 Å². The van der Waals surface area contributed by atoms with Crippen molar-refractivity contribution in [1.82, 2.24) is 5.32 Å². The Balaban J connectivity index is 2.93. The lowest BCUT2D eigenvalue weighted by Gasteiger charge is -2.16. The topological polar surface area (TPSA) is 119 Å². The first-order valence-corrected chi connectivity index (χ1v) is 5.11. The summed E-state index contributed by atoms with van der Waals surface area (Å²) in [6, 6.07) is -1.11. The fourth-order valence-electron chi connectivity index (χ4n) is 1.83. The number of carbonyl (C=O) groups excluding carboxylic acids is 3. The summed E-state index contributed by atoms with van der Waals surface area (Å²) in [5.41, 5.74) is 0. The van der Waals surface area contributed by atoms with Gasteiger partial charge in [0.25, 0.3) is 0 Å². The molecule has 0 aliphatic carbocycles. The molecule has 0 spiro atoms. The van der Waals surface area contributed by atoms with Crippen LogP contribution in [0.25, 0.3) is 0 Å². The van der Waals surface area contributed by atoms with Crippen molar-refractivity contribution in [3.05, 3.63) is 0 Å². The zero-order valence-electron chi connectivity index (χ0n) is 9.84. The number of methoxy groups -OCH3 is 2. The molecule has 1 fully saturated rings. The van der Waals surface area contributed by atoms with Gasteiger partial charge in [-0.1, -0.05) is 0 Å². The second kappa shape index (κ2) is 5.48. The van der Waals surface area contributed by atoms with Crippen molar-refractivity contribution in [2.75, 3.05) is 14.2 Å². The number of aliphatic carboxylic acids is 1. The molecule has 0 unspecified atom stereocenters. The molecular weight excluding hydrogens is 246 g/mol. The Morgan fingerprint density at radius 2 is 1.78 bits per heavy atom. The predicted octanol–water partition coefficient (Wildman–Crippen LogP) is -1.46. The number of carboxylic acid groups (broad SMARTS) is 1. The number of esters is 2. The number of hydrogen-bond acceptors (Lipinski definition) is 6. The first-order chi connectivity index (χ1) is 8.42.